The van der Waals surface area contributed by atoms with Crippen molar-refractivity contribution in [1.29, 1.82) is 0 Å². The van der Waals surface area contributed by atoms with Crippen molar-refractivity contribution in [2.24, 2.45) is 16.7 Å². The lowest BCUT2D eigenvalue weighted by molar-refractivity contribution is -0.0561. The molecule has 0 radical (unpaired) electrons. The van der Waals surface area contributed by atoms with Gasteiger partial charge < -0.3 is 15.2 Å². The molecule has 1 fully saturated rings. The van der Waals surface area contributed by atoms with Crippen molar-refractivity contribution in [2.45, 2.75) is 98.8 Å². The number of hydrogen-bond acceptors (Lipinski definition) is 3. The van der Waals surface area contributed by atoms with Gasteiger partial charge in [-0.3, -0.25) is 0 Å². The Labute approximate surface area is 144 Å². The second-order valence-electron chi connectivity index (χ2n) is 10.5. The maximum atomic E-state index is 10.2. The van der Waals surface area contributed by atoms with E-state index in [4.69, 9.17) is 4.74 Å². The highest BCUT2D eigenvalue weighted by Crippen LogP contribution is 2.39. The van der Waals surface area contributed by atoms with Crippen LogP contribution in [-0.2, 0) is 4.74 Å². The summed E-state index contributed by atoms with van der Waals surface area (Å²) in [4.78, 5) is 0. The average Bonchev–Trinajstić information content (AvgIpc) is 2.28. The summed E-state index contributed by atoms with van der Waals surface area (Å²) in [5.74, 6) is 0.713. The summed E-state index contributed by atoms with van der Waals surface area (Å²) in [6, 6.07) is 0. The summed E-state index contributed by atoms with van der Waals surface area (Å²) >= 11 is 0. The summed E-state index contributed by atoms with van der Waals surface area (Å²) in [6.07, 6.45) is 4.44. The molecule has 1 saturated carbocycles. The smallest absolute Gasteiger partial charge is 0.0898 e. The highest BCUT2D eigenvalue weighted by atomic mass is 16.5. The first-order valence-corrected chi connectivity index (χ1v) is 9.33. The van der Waals surface area contributed by atoms with Crippen LogP contribution in [0.5, 0.6) is 0 Å². The summed E-state index contributed by atoms with van der Waals surface area (Å²) in [5.41, 5.74) is 0.669. The molecule has 2 N–H and O–H groups in total. The van der Waals surface area contributed by atoms with Gasteiger partial charge in [-0.25, -0.2) is 0 Å². The first-order valence-electron chi connectivity index (χ1n) is 9.33. The highest BCUT2D eigenvalue weighted by molar-refractivity contribution is 4.85. The number of aliphatic hydroxyl groups is 1. The van der Waals surface area contributed by atoms with E-state index in [0.29, 0.717) is 30.6 Å². The molecule has 0 aromatic heterocycles. The zero-order valence-corrected chi connectivity index (χ0v) is 16.8. The molecule has 0 heterocycles. The first kappa shape index (κ1) is 20.9. The Hall–Kier alpha value is -0.120. The minimum Gasteiger partial charge on any atom is -0.389 e. The number of nitrogens with one attached hydrogen (secondary N) is 1. The van der Waals surface area contributed by atoms with Crippen molar-refractivity contribution < 1.29 is 9.84 Å². The molecule has 1 rings (SSSR count). The minimum absolute atomic E-state index is 0.0283. The fraction of sp³-hybridized carbons (Fsp3) is 1.00. The van der Waals surface area contributed by atoms with E-state index in [1.54, 1.807) is 0 Å². The normalized spacial score (nSPS) is 27.0. The molecule has 0 saturated heterocycles. The van der Waals surface area contributed by atoms with E-state index in [-0.39, 0.29) is 11.0 Å². The molecule has 0 bridgehead atoms. The molecule has 23 heavy (non-hydrogen) atoms. The summed E-state index contributed by atoms with van der Waals surface area (Å²) in [5, 5.41) is 13.7. The quantitative estimate of drug-likeness (QED) is 0.729. The number of rotatable bonds is 7. The maximum Gasteiger partial charge on any atom is 0.0898 e. The SMILES string of the molecule is C[C@@H]1C[C@@H](OC[C@@H](O)CNC(C)(C)CC(C)(C)C)CC(C)(C)C1. The van der Waals surface area contributed by atoms with Crippen LogP contribution in [0.2, 0.25) is 0 Å². The van der Waals surface area contributed by atoms with E-state index in [2.05, 4.69) is 60.7 Å². The molecule has 3 nitrogen and oxygen atoms in total. The van der Waals surface area contributed by atoms with Crippen molar-refractivity contribution in [3.8, 4) is 0 Å². The average molecular weight is 328 g/mol. The largest absolute Gasteiger partial charge is 0.389 e. The number of hydrogen-bond donors (Lipinski definition) is 2. The van der Waals surface area contributed by atoms with Crippen LogP contribution in [0.15, 0.2) is 0 Å². The standard InChI is InChI=1S/C20H41NO2/c1-15-9-17(11-19(5,6)10-15)23-13-16(22)12-21-20(7,8)14-18(2,3)4/h15-17,21-22H,9-14H2,1-8H3/t15-,16+,17-/m1/s1. The topological polar surface area (TPSA) is 41.5 Å². The van der Waals surface area contributed by atoms with Gasteiger partial charge in [0, 0.05) is 12.1 Å². The Morgan fingerprint density at radius 3 is 2.30 bits per heavy atom. The van der Waals surface area contributed by atoms with E-state index < -0.39 is 6.10 Å². The van der Waals surface area contributed by atoms with E-state index in [1.165, 1.54) is 6.42 Å². The van der Waals surface area contributed by atoms with Gasteiger partial charge in [0.1, 0.15) is 0 Å². The van der Waals surface area contributed by atoms with E-state index in [0.717, 1.165) is 19.3 Å². The van der Waals surface area contributed by atoms with Crippen LogP contribution < -0.4 is 5.32 Å². The molecule has 0 amide bonds. The van der Waals surface area contributed by atoms with Crippen LogP contribution in [0, 0.1) is 16.7 Å². The van der Waals surface area contributed by atoms with Gasteiger partial charge in [0.25, 0.3) is 0 Å². The van der Waals surface area contributed by atoms with Gasteiger partial charge in [-0.1, -0.05) is 41.5 Å². The Balaban J connectivity index is 2.33. The van der Waals surface area contributed by atoms with Crippen LogP contribution in [-0.4, -0.2) is 36.0 Å². The van der Waals surface area contributed by atoms with Crippen molar-refractivity contribution in [3.05, 3.63) is 0 Å². The lowest BCUT2D eigenvalue weighted by atomic mass is 9.71. The monoisotopic (exact) mass is 327 g/mol. The van der Waals surface area contributed by atoms with Crippen LogP contribution in [0.3, 0.4) is 0 Å². The van der Waals surface area contributed by atoms with Crippen molar-refractivity contribution in [3.63, 3.8) is 0 Å². The molecule has 138 valence electrons. The van der Waals surface area contributed by atoms with Crippen LogP contribution >= 0.6 is 0 Å². The Morgan fingerprint density at radius 1 is 1.17 bits per heavy atom. The molecule has 1 aliphatic rings. The van der Waals surface area contributed by atoms with E-state index in [1.807, 2.05) is 0 Å². The molecule has 0 unspecified atom stereocenters. The summed E-state index contributed by atoms with van der Waals surface area (Å²) in [7, 11) is 0. The zero-order valence-electron chi connectivity index (χ0n) is 16.8. The van der Waals surface area contributed by atoms with E-state index >= 15 is 0 Å². The second-order valence-corrected chi connectivity index (χ2v) is 10.5. The van der Waals surface area contributed by atoms with Gasteiger partial charge in [0.05, 0.1) is 18.8 Å². The van der Waals surface area contributed by atoms with Gasteiger partial charge in [-0.15, -0.1) is 0 Å². The fourth-order valence-electron chi connectivity index (χ4n) is 4.47. The number of aliphatic hydroxyl groups excluding tert-OH is 1. The Morgan fingerprint density at radius 2 is 1.78 bits per heavy atom. The molecular formula is C20H41NO2. The van der Waals surface area contributed by atoms with Crippen LogP contribution in [0.4, 0.5) is 0 Å². The van der Waals surface area contributed by atoms with Gasteiger partial charge in [0.2, 0.25) is 0 Å². The lowest BCUT2D eigenvalue weighted by Gasteiger charge is -2.39. The molecule has 0 aliphatic heterocycles. The molecule has 3 atom stereocenters. The molecule has 0 aromatic carbocycles. The van der Waals surface area contributed by atoms with Crippen molar-refractivity contribution in [1.82, 2.24) is 5.32 Å². The van der Waals surface area contributed by atoms with Gasteiger partial charge in [-0.2, -0.15) is 0 Å². The minimum atomic E-state index is -0.436. The van der Waals surface area contributed by atoms with Crippen molar-refractivity contribution in [2.75, 3.05) is 13.2 Å². The molecule has 3 heteroatoms. The number of β-amino-alcohol motifs (C(OH)–C–C–N with tert-alkyl or cyclic N) is 1. The number of ether oxygens (including phenoxy) is 1. The molecule has 0 aromatic rings. The predicted octanol–water partition coefficient (Wildman–Crippen LogP) is 4.38. The Bertz CT molecular complexity index is 357. The van der Waals surface area contributed by atoms with Gasteiger partial charge >= 0.3 is 0 Å². The summed E-state index contributed by atoms with van der Waals surface area (Å²) in [6.45, 7) is 19.2. The first-order chi connectivity index (χ1) is 10.3. The van der Waals surface area contributed by atoms with Crippen LogP contribution in [0.1, 0.15) is 81.1 Å². The fourth-order valence-corrected chi connectivity index (χ4v) is 4.47. The molecule has 1 aliphatic carbocycles. The third-order valence-electron chi connectivity index (χ3n) is 4.66. The highest BCUT2D eigenvalue weighted by Gasteiger charge is 2.33. The maximum absolute atomic E-state index is 10.2. The lowest BCUT2D eigenvalue weighted by Crippen LogP contribution is -2.46. The van der Waals surface area contributed by atoms with Gasteiger partial charge in [0.15, 0.2) is 0 Å². The second kappa shape index (κ2) is 7.84. The molecule has 0 spiro atoms. The van der Waals surface area contributed by atoms with Crippen molar-refractivity contribution >= 4 is 0 Å². The van der Waals surface area contributed by atoms with Gasteiger partial charge in [-0.05, 0) is 56.3 Å². The molecular weight excluding hydrogens is 286 g/mol. The zero-order chi connectivity index (χ0) is 17.9. The third-order valence-corrected chi connectivity index (χ3v) is 4.66. The predicted molar refractivity (Wildman–Crippen MR) is 98.7 cm³/mol. The summed E-state index contributed by atoms with van der Waals surface area (Å²) < 4.78 is 6.03. The van der Waals surface area contributed by atoms with E-state index in [9.17, 15) is 5.11 Å². The van der Waals surface area contributed by atoms with Crippen LogP contribution in [0.25, 0.3) is 0 Å². The Kier molecular flexibility index (Phi) is 7.13. The third kappa shape index (κ3) is 9.07.